The molecule has 2 aromatic rings. The van der Waals surface area contributed by atoms with Crippen LogP contribution in [0.25, 0.3) is 10.9 Å². The van der Waals surface area contributed by atoms with Crippen molar-refractivity contribution in [1.82, 2.24) is 10.7 Å². The summed E-state index contributed by atoms with van der Waals surface area (Å²) < 4.78 is 0. The number of hydrogen-bond acceptors (Lipinski definition) is 2. The standard InChI is InChI=1S/C10H8N3S/c11-10(14)13-8-5-1-3-7-4-2-6-12-9(7)8/h1-6,11H,(H,13,14). The Kier molecular flexibility index (Phi) is 2.28. The van der Waals surface area contributed by atoms with Crippen molar-refractivity contribution < 1.29 is 0 Å². The van der Waals surface area contributed by atoms with E-state index in [4.69, 9.17) is 5.73 Å². The van der Waals surface area contributed by atoms with Crippen LogP contribution in [0.2, 0.25) is 0 Å². The summed E-state index contributed by atoms with van der Waals surface area (Å²) in [7, 11) is 0. The molecule has 1 aromatic heterocycles. The van der Waals surface area contributed by atoms with Gasteiger partial charge in [0.1, 0.15) is 0 Å². The molecule has 69 valence electrons. The quantitative estimate of drug-likeness (QED) is 0.721. The fourth-order valence-electron chi connectivity index (χ4n) is 1.33. The summed E-state index contributed by atoms with van der Waals surface area (Å²) in [5.74, 6) is 0. The average Bonchev–Trinajstić information content (AvgIpc) is 2.18. The number of rotatable bonds is 1. The third kappa shape index (κ3) is 1.65. The first-order valence-corrected chi connectivity index (χ1v) is 4.54. The van der Waals surface area contributed by atoms with Crippen LogP contribution in [0.3, 0.4) is 0 Å². The number of thiocarbonyl (C=S) groups is 1. The molecular weight excluding hydrogens is 194 g/mol. The molecule has 14 heavy (non-hydrogen) atoms. The van der Waals surface area contributed by atoms with Gasteiger partial charge in [0.2, 0.25) is 0 Å². The summed E-state index contributed by atoms with van der Waals surface area (Å²) in [6.45, 7) is 0. The van der Waals surface area contributed by atoms with E-state index in [1.165, 1.54) is 0 Å². The highest BCUT2D eigenvalue weighted by Gasteiger charge is 2.00. The molecule has 2 rings (SSSR count). The molecule has 0 fully saturated rings. The van der Waals surface area contributed by atoms with Crippen LogP contribution in [0.1, 0.15) is 0 Å². The van der Waals surface area contributed by atoms with Crippen LogP contribution in [0, 0.1) is 0 Å². The van der Waals surface area contributed by atoms with E-state index in [1.54, 1.807) is 6.20 Å². The van der Waals surface area contributed by atoms with Crippen LogP contribution < -0.4 is 11.1 Å². The minimum absolute atomic E-state index is 0.00292. The van der Waals surface area contributed by atoms with Crippen molar-refractivity contribution >= 4 is 33.9 Å². The van der Waals surface area contributed by atoms with E-state index in [0.717, 1.165) is 16.6 Å². The second-order valence-electron chi connectivity index (χ2n) is 2.83. The van der Waals surface area contributed by atoms with Gasteiger partial charge < -0.3 is 5.32 Å². The Labute approximate surface area is 86.9 Å². The number of fused-ring (bicyclic) bond motifs is 1. The van der Waals surface area contributed by atoms with Gasteiger partial charge in [-0.3, -0.25) is 10.7 Å². The Morgan fingerprint density at radius 2 is 2.07 bits per heavy atom. The van der Waals surface area contributed by atoms with E-state index >= 15 is 0 Å². The molecule has 0 amide bonds. The Morgan fingerprint density at radius 1 is 1.29 bits per heavy atom. The Balaban J connectivity index is 2.59. The van der Waals surface area contributed by atoms with Crippen molar-refractivity contribution in [3.8, 4) is 0 Å². The van der Waals surface area contributed by atoms with Gasteiger partial charge in [0.05, 0.1) is 11.2 Å². The van der Waals surface area contributed by atoms with Crippen molar-refractivity contribution in [2.24, 2.45) is 0 Å². The minimum atomic E-state index is 0.00292. The minimum Gasteiger partial charge on any atom is -0.330 e. The van der Waals surface area contributed by atoms with Gasteiger partial charge in [-0.25, -0.2) is 0 Å². The van der Waals surface area contributed by atoms with Crippen molar-refractivity contribution in [1.29, 1.82) is 0 Å². The number of hydrogen-bond donors (Lipinski definition) is 1. The van der Waals surface area contributed by atoms with E-state index in [1.807, 2.05) is 30.3 Å². The molecule has 2 N–H and O–H groups in total. The van der Waals surface area contributed by atoms with Crippen LogP contribution >= 0.6 is 12.2 Å². The number of nitrogens with zero attached hydrogens (tertiary/aromatic N) is 1. The lowest BCUT2D eigenvalue weighted by molar-refractivity contribution is 1.41. The third-order valence-electron chi connectivity index (χ3n) is 1.88. The zero-order chi connectivity index (χ0) is 9.97. The maximum absolute atomic E-state index is 7.18. The van der Waals surface area contributed by atoms with Crippen LogP contribution in [0.4, 0.5) is 5.69 Å². The lowest BCUT2D eigenvalue weighted by Gasteiger charge is -2.05. The number of para-hydroxylation sites is 1. The molecule has 0 aliphatic carbocycles. The van der Waals surface area contributed by atoms with Crippen molar-refractivity contribution in [3.05, 3.63) is 36.5 Å². The van der Waals surface area contributed by atoms with Gasteiger partial charge in [-0.05, 0) is 24.4 Å². The van der Waals surface area contributed by atoms with Gasteiger partial charge in [0.25, 0.3) is 0 Å². The zero-order valence-corrected chi connectivity index (χ0v) is 8.14. The van der Waals surface area contributed by atoms with Gasteiger partial charge in [-0.2, -0.15) is 0 Å². The summed E-state index contributed by atoms with van der Waals surface area (Å²) in [6.07, 6.45) is 1.72. The highest BCUT2D eigenvalue weighted by Crippen LogP contribution is 2.20. The number of benzene rings is 1. The van der Waals surface area contributed by atoms with Crippen LogP contribution in [0.5, 0.6) is 0 Å². The molecule has 0 saturated heterocycles. The first-order valence-electron chi connectivity index (χ1n) is 4.14. The van der Waals surface area contributed by atoms with Crippen LogP contribution in [-0.4, -0.2) is 10.1 Å². The zero-order valence-electron chi connectivity index (χ0n) is 7.32. The predicted octanol–water partition coefficient (Wildman–Crippen LogP) is 2.21. The maximum atomic E-state index is 7.18. The topological polar surface area (TPSA) is 48.7 Å². The van der Waals surface area contributed by atoms with Crippen molar-refractivity contribution in [3.63, 3.8) is 0 Å². The molecule has 0 aliphatic rings. The molecule has 4 heteroatoms. The number of anilines is 1. The predicted molar refractivity (Wildman–Crippen MR) is 61.1 cm³/mol. The van der Waals surface area contributed by atoms with E-state index in [0.29, 0.717) is 0 Å². The largest absolute Gasteiger partial charge is 0.330 e. The number of nitrogens with one attached hydrogen (secondary N) is 2. The third-order valence-corrected chi connectivity index (χ3v) is 1.98. The molecule has 1 radical (unpaired) electrons. The highest BCUT2D eigenvalue weighted by molar-refractivity contribution is 7.80. The molecule has 0 bridgehead atoms. The average molecular weight is 202 g/mol. The van der Waals surface area contributed by atoms with E-state index < -0.39 is 0 Å². The Morgan fingerprint density at radius 3 is 2.86 bits per heavy atom. The van der Waals surface area contributed by atoms with Gasteiger partial charge in [-0.15, -0.1) is 0 Å². The summed E-state index contributed by atoms with van der Waals surface area (Å²) in [5, 5.41) is 3.82. The molecule has 3 nitrogen and oxygen atoms in total. The fraction of sp³-hybridized carbons (Fsp3) is 0. The van der Waals surface area contributed by atoms with E-state index in [2.05, 4.69) is 22.5 Å². The van der Waals surface area contributed by atoms with Gasteiger partial charge in [0, 0.05) is 11.6 Å². The second kappa shape index (κ2) is 3.59. The van der Waals surface area contributed by atoms with E-state index in [9.17, 15) is 0 Å². The molecule has 1 aromatic carbocycles. The maximum Gasteiger partial charge on any atom is 0.189 e. The normalized spacial score (nSPS) is 10.0. The number of pyridine rings is 1. The monoisotopic (exact) mass is 202 g/mol. The molecule has 0 saturated carbocycles. The summed E-state index contributed by atoms with van der Waals surface area (Å²) in [4.78, 5) is 4.23. The fourth-order valence-corrected chi connectivity index (χ4v) is 1.44. The van der Waals surface area contributed by atoms with E-state index in [-0.39, 0.29) is 5.11 Å². The number of aromatic nitrogens is 1. The highest BCUT2D eigenvalue weighted by atomic mass is 32.1. The summed E-state index contributed by atoms with van der Waals surface area (Å²) in [5.41, 5.74) is 8.80. The lowest BCUT2D eigenvalue weighted by atomic mass is 10.2. The first kappa shape index (κ1) is 8.90. The van der Waals surface area contributed by atoms with Gasteiger partial charge in [0.15, 0.2) is 5.11 Å². The first-order chi connectivity index (χ1) is 6.77. The molecular formula is C10H8N3S. The summed E-state index contributed by atoms with van der Waals surface area (Å²) >= 11 is 4.67. The lowest BCUT2D eigenvalue weighted by Crippen LogP contribution is -2.09. The van der Waals surface area contributed by atoms with Crippen LogP contribution in [0.15, 0.2) is 36.5 Å². The Hall–Kier alpha value is -1.68. The van der Waals surface area contributed by atoms with Crippen LogP contribution in [-0.2, 0) is 0 Å². The van der Waals surface area contributed by atoms with Gasteiger partial charge in [-0.1, -0.05) is 18.2 Å². The van der Waals surface area contributed by atoms with Crippen molar-refractivity contribution in [2.45, 2.75) is 0 Å². The van der Waals surface area contributed by atoms with Crippen molar-refractivity contribution in [2.75, 3.05) is 5.32 Å². The molecule has 0 aliphatic heterocycles. The molecule has 1 heterocycles. The molecule has 0 unspecified atom stereocenters. The Bertz CT molecular complexity index is 476. The smallest absolute Gasteiger partial charge is 0.189 e. The van der Waals surface area contributed by atoms with Gasteiger partial charge >= 0.3 is 0 Å². The summed E-state index contributed by atoms with van der Waals surface area (Å²) in [6, 6.07) is 9.59. The SMILES string of the molecule is [NH]C(=S)Nc1cccc2cccnc12. The molecule has 0 spiro atoms. The second-order valence-corrected chi connectivity index (χ2v) is 3.24. The molecule has 0 atom stereocenters.